The second-order valence-electron chi connectivity index (χ2n) is 5.76. The molecule has 0 fully saturated rings. The molecule has 0 saturated heterocycles. The Bertz CT molecular complexity index is 890. The Hall–Kier alpha value is -2.73. The van der Waals surface area contributed by atoms with Gasteiger partial charge in [0.05, 0.1) is 5.69 Å². The molecule has 0 bridgehead atoms. The summed E-state index contributed by atoms with van der Waals surface area (Å²) in [6.07, 6.45) is 0. The molecule has 1 heterocycles. The van der Waals surface area contributed by atoms with E-state index in [4.69, 9.17) is 0 Å². The molecule has 1 aromatic heterocycles. The largest absolute Gasteiger partial charge is 0.381 e. The predicted octanol–water partition coefficient (Wildman–Crippen LogP) is 4.76. The lowest BCUT2D eigenvalue weighted by atomic mass is 10.1. The maximum atomic E-state index is 13.1. The van der Waals surface area contributed by atoms with E-state index in [9.17, 15) is 9.18 Å². The molecule has 0 aliphatic carbocycles. The maximum Gasteiger partial charge on any atom is 0.257 e. The number of hydrogen-bond donors (Lipinski definition) is 2. The van der Waals surface area contributed by atoms with Gasteiger partial charge in [-0.05, 0) is 55.3 Å². The van der Waals surface area contributed by atoms with Crippen molar-refractivity contribution in [3.8, 4) is 0 Å². The standard InChI is InChI=1S/C19H18FN3OS/c1-12-9-16(20)7-8-17(12)21-10-14-3-5-15(6-4-14)18(24)23-19-22-13(2)11-25-19/h3-9,11,21H,10H2,1-2H3,(H,22,23,24). The Labute approximate surface area is 149 Å². The maximum absolute atomic E-state index is 13.1. The van der Waals surface area contributed by atoms with Crippen molar-refractivity contribution in [1.82, 2.24) is 4.98 Å². The van der Waals surface area contributed by atoms with Crippen LogP contribution in [0.4, 0.5) is 15.2 Å². The molecular weight excluding hydrogens is 337 g/mol. The Kier molecular flexibility index (Phi) is 5.09. The van der Waals surface area contributed by atoms with E-state index >= 15 is 0 Å². The fourth-order valence-electron chi connectivity index (χ4n) is 2.38. The molecule has 0 atom stereocenters. The molecule has 0 unspecified atom stereocenters. The zero-order valence-corrected chi connectivity index (χ0v) is 14.8. The van der Waals surface area contributed by atoms with Crippen LogP contribution < -0.4 is 10.6 Å². The van der Waals surface area contributed by atoms with Crippen molar-refractivity contribution < 1.29 is 9.18 Å². The highest BCUT2D eigenvalue weighted by Crippen LogP contribution is 2.18. The van der Waals surface area contributed by atoms with Gasteiger partial charge in [0.25, 0.3) is 5.91 Å². The molecule has 4 nitrogen and oxygen atoms in total. The molecule has 2 N–H and O–H groups in total. The summed E-state index contributed by atoms with van der Waals surface area (Å²) in [7, 11) is 0. The van der Waals surface area contributed by atoms with E-state index in [1.54, 1.807) is 18.2 Å². The average Bonchev–Trinajstić information content (AvgIpc) is 2.99. The van der Waals surface area contributed by atoms with Gasteiger partial charge < -0.3 is 5.32 Å². The number of amides is 1. The molecule has 128 valence electrons. The molecule has 25 heavy (non-hydrogen) atoms. The van der Waals surface area contributed by atoms with E-state index in [1.807, 2.05) is 31.4 Å². The Balaban J connectivity index is 1.60. The predicted molar refractivity (Wildman–Crippen MR) is 99.7 cm³/mol. The minimum absolute atomic E-state index is 0.178. The van der Waals surface area contributed by atoms with Gasteiger partial charge in [-0.1, -0.05) is 12.1 Å². The van der Waals surface area contributed by atoms with E-state index in [2.05, 4.69) is 15.6 Å². The number of nitrogens with one attached hydrogen (secondary N) is 2. The molecule has 2 aromatic carbocycles. The second-order valence-corrected chi connectivity index (χ2v) is 6.62. The lowest BCUT2D eigenvalue weighted by Crippen LogP contribution is -2.11. The van der Waals surface area contributed by atoms with E-state index in [0.717, 1.165) is 22.5 Å². The van der Waals surface area contributed by atoms with Crippen LogP contribution >= 0.6 is 11.3 Å². The number of halogens is 1. The van der Waals surface area contributed by atoms with Crippen LogP contribution in [0.3, 0.4) is 0 Å². The van der Waals surface area contributed by atoms with Crippen LogP contribution in [-0.4, -0.2) is 10.9 Å². The van der Waals surface area contributed by atoms with Crippen molar-refractivity contribution in [3.05, 3.63) is 76.0 Å². The molecule has 0 spiro atoms. The van der Waals surface area contributed by atoms with Crippen molar-refractivity contribution in [3.63, 3.8) is 0 Å². The zero-order chi connectivity index (χ0) is 17.8. The number of nitrogens with zero attached hydrogens (tertiary/aromatic N) is 1. The summed E-state index contributed by atoms with van der Waals surface area (Å²) in [5.74, 6) is -0.419. The van der Waals surface area contributed by atoms with Crippen LogP contribution in [-0.2, 0) is 6.54 Å². The van der Waals surface area contributed by atoms with Crippen LogP contribution in [0.25, 0.3) is 0 Å². The van der Waals surface area contributed by atoms with Gasteiger partial charge in [0.15, 0.2) is 5.13 Å². The number of carbonyl (C=O) groups excluding carboxylic acids is 1. The number of rotatable bonds is 5. The number of aromatic nitrogens is 1. The van der Waals surface area contributed by atoms with Crippen LogP contribution in [0.1, 0.15) is 27.2 Å². The number of benzene rings is 2. The molecule has 0 aliphatic heterocycles. The third-order valence-corrected chi connectivity index (χ3v) is 4.60. The third-order valence-electron chi connectivity index (χ3n) is 3.73. The highest BCUT2D eigenvalue weighted by atomic mass is 32.1. The van der Waals surface area contributed by atoms with Crippen LogP contribution in [0, 0.1) is 19.7 Å². The molecular formula is C19H18FN3OS. The summed E-state index contributed by atoms with van der Waals surface area (Å²) in [5, 5.41) is 8.55. The monoisotopic (exact) mass is 355 g/mol. The highest BCUT2D eigenvalue weighted by molar-refractivity contribution is 7.13. The summed E-state index contributed by atoms with van der Waals surface area (Å²) < 4.78 is 13.1. The number of anilines is 2. The van der Waals surface area contributed by atoms with Gasteiger partial charge in [0.2, 0.25) is 0 Å². The normalized spacial score (nSPS) is 10.5. The summed E-state index contributed by atoms with van der Waals surface area (Å²) in [4.78, 5) is 16.4. The van der Waals surface area contributed by atoms with Gasteiger partial charge in [0.1, 0.15) is 5.82 Å². The van der Waals surface area contributed by atoms with E-state index < -0.39 is 0 Å². The van der Waals surface area contributed by atoms with Crippen LogP contribution in [0.2, 0.25) is 0 Å². The minimum Gasteiger partial charge on any atom is -0.381 e. The Morgan fingerprint density at radius 3 is 2.56 bits per heavy atom. The van der Waals surface area contributed by atoms with Crippen molar-refractivity contribution in [2.24, 2.45) is 0 Å². The van der Waals surface area contributed by atoms with Gasteiger partial charge in [-0.3, -0.25) is 10.1 Å². The highest BCUT2D eigenvalue weighted by Gasteiger charge is 2.08. The van der Waals surface area contributed by atoms with Gasteiger partial charge in [-0.15, -0.1) is 11.3 Å². The summed E-state index contributed by atoms with van der Waals surface area (Å²) in [6, 6.07) is 12.0. The Morgan fingerprint density at radius 2 is 1.92 bits per heavy atom. The fraction of sp³-hybridized carbons (Fsp3) is 0.158. The minimum atomic E-state index is -0.242. The number of thiazole rings is 1. The number of carbonyl (C=O) groups is 1. The first-order valence-electron chi connectivity index (χ1n) is 7.84. The first-order valence-corrected chi connectivity index (χ1v) is 8.71. The molecule has 0 aliphatic rings. The lowest BCUT2D eigenvalue weighted by Gasteiger charge is -2.10. The van der Waals surface area contributed by atoms with Crippen LogP contribution in [0.5, 0.6) is 0 Å². The molecule has 1 amide bonds. The first kappa shape index (κ1) is 17.1. The van der Waals surface area contributed by atoms with Gasteiger partial charge in [-0.2, -0.15) is 0 Å². The summed E-state index contributed by atoms with van der Waals surface area (Å²) in [6.45, 7) is 4.34. The number of aryl methyl sites for hydroxylation is 2. The quantitative estimate of drug-likeness (QED) is 0.693. The molecule has 3 rings (SSSR count). The Morgan fingerprint density at radius 1 is 1.16 bits per heavy atom. The number of hydrogen-bond acceptors (Lipinski definition) is 4. The van der Waals surface area contributed by atoms with Gasteiger partial charge in [0, 0.05) is 23.2 Å². The third kappa shape index (κ3) is 4.42. The molecule has 0 radical (unpaired) electrons. The lowest BCUT2D eigenvalue weighted by molar-refractivity contribution is 0.102. The zero-order valence-electron chi connectivity index (χ0n) is 14.0. The first-order chi connectivity index (χ1) is 12.0. The van der Waals surface area contributed by atoms with E-state index in [1.165, 1.54) is 23.5 Å². The summed E-state index contributed by atoms with van der Waals surface area (Å²) >= 11 is 1.40. The SMILES string of the molecule is Cc1csc(NC(=O)c2ccc(CNc3ccc(F)cc3C)cc2)n1. The van der Waals surface area contributed by atoms with E-state index in [-0.39, 0.29) is 11.7 Å². The van der Waals surface area contributed by atoms with Crippen molar-refractivity contribution in [1.29, 1.82) is 0 Å². The van der Waals surface area contributed by atoms with Crippen LogP contribution in [0.15, 0.2) is 47.8 Å². The van der Waals surface area contributed by atoms with Gasteiger partial charge in [-0.25, -0.2) is 9.37 Å². The van der Waals surface area contributed by atoms with Crippen molar-refractivity contribution in [2.45, 2.75) is 20.4 Å². The topological polar surface area (TPSA) is 54.0 Å². The second kappa shape index (κ2) is 7.44. The fourth-order valence-corrected chi connectivity index (χ4v) is 3.06. The average molecular weight is 355 g/mol. The smallest absolute Gasteiger partial charge is 0.257 e. The molecule has 3 aromatic rings. The molecule has 0 saturated carbocycles. The van der Waals surface area contributed by atoms with Gasteiger partial charge >= 0.3 is 0 Å². The van der Waals surface area contributed by atoms with Crippen molar-refractivity contribution >= 4 is 28.1 Å². The summed E-state index contributed by atoms with van der Waals surface area (Å²) in [5.41, 5.74) is 4.25. The molecule has 6 heteroatoms. The van der Waals surface area contributed by atoms with Crippen molar-refractivity contribution in [2.75, 3.05) is 10.6 Å². The van der Waals surface area contributed by atoms with E-state index in [0.29, 0.717) is 17.2 Å².